The first-order valence-electron chi connectivity index (χ1n) is 12.1. The molecule has 0 unspecified atom stereocenters. The second-order valence-electron chi connectivity index (χ2n) is 9.23. The summed E-state index contributed by atoms with van der Waals surface area (Å²) in [4.78, 5) is 12.6. The van der Waals surface area contributed by atoms with Gasteiger partial charge in [0.05, 0.1) is 18.3 Å². The summed E-state index contributed by atoms with van der Waals surface area (Å²) < 4.78 is 34.7. The van der Waals surface area contributed by atoms with Crippen LogP contribution in [-0.4, -0.2) is 28.9 Å². The number of aliphatic hydroxyl groups is 1. The SMILES string of the molecule is C=C(c1ccc(F)cc1F)c1ccc(=O)n(-c2ccc(OCCCN[C@@H](CC(C)C)C(=C)O)cc2)c1N. The maximum Gasteiger partial charge on any atom is 0.256 e. The van der Waals surface area contributed by atoms with Crippen LogP contribution >= 0.6 is 0 Å². The van der Waals surface area contributed by atoms with Crippen LogP contribution in [0.3, 0.4) is 0 Å². The zero-order chi connectivity index (χ0) is 27.1. The van der Waals surface area contributed by atoms with Crippen LogP contribution in [0.2, 0.25) is 0 Å². The van der Waals surface area contributed by atoms with Crippen molar-refractivity contribution in [2.24, 2.45) is 5.92 Å². The second-order valence-corrected chi connectivity index (χ2v) is 9.23. The van der Waals surface area contributed by atoms with E-state index in [1.807, 2.05) is 0 Å². The maximum atomic E-state index is 14.3. The monoisotopic (exact) mass is 509 g/mol. The Labute approximate surface area is 215 Å². The van der Waals surface area contributed by atoms with Crippen molar-refractivity contribution >= 4 is 11.4 Å². The molecule has 6 nitrogen and oxygen atoms in total. The predicted octanol–water partition coefficient (Wildman–Crippen LogP) is 5.60. The van der Waals surface area contributed by atoms with Gasteiger partial charge >= 0.3 is 0 Å². The fourth-order valence-corrected chi connectivity index (χ4v) is 3.99. The summed E-state index contributed by atoms with van der Waals surface area (Å²) in [5.74, 6) is -0.194. The van der Waals surface area contributed by atoms with Crippen LogP contribution in [-0.2, 0) is 0 Å². The molecule has 37 heavy (non-hydrogen) atoms. The number of aliphatic hydroxyl groups excluding tert-OH is 1. The van der Waals surface area contributed by atoms with Crippen molar-refractivity contribution in [3.8, 4) is 11.4 Å². The fourth-order valence-electron chi connectivity index (χ4n) is 3.99. The molecule has 8 heteroatoms. The van der Waals surface area contributed by atoms with Crippen molar-refractivity contribution < 1.29 is 18.6 Å². The molecule has 0 aliphatic carbocycles. The Hall–Kier alpha value is -3.91. The average molecular weight is 510 g/mol. The van der Waals surface area contributed by atoms with Gasteiger partial charge in [-0.3, -0.25) is 9.36 Å². The number of hydrogen-bond acceptors (Lipinski definition) is 5. The van der Waals surface area contributed by atoms with Gasteiger partial charge < -0.3 is 20.9 Å². The zero-order valence-electron chi connectivity index (χ0n) is 21.1. The van der Waals surface area contributed by atoms with Crippen LogP contribution in [0.1, 0.15) is 37.8 Å². The van der Waals surface area contributed by atoms with Gasteiger partial charge in [-0.2, -0.15) is 0 Å². The molecule has 0 saturated heterocycles. The highest BCUT2D eigenvalue weighted by Gasteiger charge is 2.16. The number of halogens is 2. The van der Waals surface area contributed by atoms with Crippen molar-refractivity contribution in [3.63, 3.8) is 0 Å². The van der Waals surface area contributed by atoms with Crippen molar-refractivity contribution in [3.05, 3.63) is 107 Å². The van der Waals surface area contributed by atoms with Crippen molar-refractivity contribution in [1.82, 2.24) is 9.88 Å². The lowest BCUT2D eigenvalue weighted by atomic mass is 9.99. The lowest BCUT2D eigenvalue weighted by Crippen LogP contribution is -2.33. The van der Waals surface area contributed by atoms with E-state index in [-0.39, 0.29) is 34.3 Å². The second kappa shape index (κ2) is 12.4. The molecule has 1 atom stereocenters. The van der Waals surface area contributed by atoms with Crippen LogP contribution in [0.4, 0.5) is 14.6 Å². The summed E-state index contributed by atoms with van der Waals surface area (Å²) in [5, 5.41) is 13.0. The first-order chi connectivity index (χ1) is 17.6. The van der Waals surface area contributed by atoms with Gasteiger partial charge in [-0.15, -0.1) is 0 Å². The van der Waals surface area contributed by atoms with E-state index in [0.717, 1.165) is 25.0 Å². The standard InChI is InChI=1S/C29H33F2N3O3/c1-18(2)16-27(20(4)35)33-14-5-15-37-23-9-7-22(8-10-23)34-28(36)13-12-25(29(34)32)19(3)24-11-6-21(30)17-26(24)31/h6-13,17-18,27,33,35H,3-5,14-16,32H2,1-2H3/t27-/m0/s1. The normalized spacial score (nSPS) is 11.9. The van der Waals surface area contributed by atoms with Crippen molar-refractivity contribution in [1.29, 1.82) is 0 Å². The number of pyridine rings is 1. The Balaban J connectivity index is 1.67. The predicted molar refractivity (Wildman–Crippen MR) is 144 cm³/mol. The van der Waals surface area contributed by atoms with E-state index in [4.69, 9.17) is 10.5 Å². The van der Waals surface area contributed by atoms with Crippen LogP contribution in [0.15, 0.2) is 78.3 Å². The zero-order valence-corrected chi connectivity index (χ0v) is 21.1. The van der Waals surface area contributed by atoms with Crippen LogP contribution in [0.5, 0.6) is 5.75 Å². The fraction of sp³-hybridized carbons (Fsp3) is 0.276. The molecule has 0 saturated carbocycles. The molecule has 0 amide bonds. The average Bonchev–Trinajstić information content (AvgIpc) is 2.83. The largest absolute Gasteiger partial charge is 0.511 e. The van der Waals surface area contributed by atoms with E-state index in [9.17, 15) is 18.7 Å². The van der Waals surface area contributed by atoms with Gasteiger partial charge in [0.1, 0.15) is 29.0 Å². The minimum atomic E-state index is -0.768. The van der Waals surface area contributed by atoms with Crippen LogP contribution in [0, 0.1) is 17.6 Å². The lowest BCUT2D eigenvalue weighted by Gasteiger charge is -2.19. The lowest BCUT2D eigenvalue weighted by molar-refractivity contribution is 0.287. The number of anilines is 1. The van der Waals surface area contributed by atoms with Gasteiger partial charge in [-0.1, -0.05) is 27.0 Å². The van der Waals surface area contributed by atoms with E-state index in [1.165, 1.54) is 22.8 Å². The summed E-state index contributed by atoms with van der Waals surface area (Å²) in [6.45, 7) is 12.8. The highest BCUT2D eigenvalue weighted by atomic mass is 19.1. The molecular formula is C29H33F2N3O3. The number of ether oxygens (including phenoxy) is 1. The topological polar surface area (TPSA) is 89.5 Å². The van der Waals surface area contributed by atoms with E-state index in [2.05, 4.69) is 32.3 Å². The van der Waals surface area contributed by atoms with Gasteiger partial charge in [0.15, 0.2) is 0 Å². The van der Waals surface area contributed by atoms with Crippen molar-refractivity contribution in [2.75, 3.05) is 18.9 Å². The van der Waals surface area contributed by atoms with E-state index in [1.54, 1.807) is 24.3 Å². The Bertz CT molecular complexity index is 1320. The Morgan fingerprint density at radius 1 is 1.08 bits per heavy atom. The molecule has 1 heterocycles. The number of nitrogens with two attached hydrogens (primary N) is 1. The van der Waals surface area contributed by atoms with Gasteiger partial charge in [0.2, 0.25) is 0 Å². The number of nitrogen functional groups attached to an aromatic ring is 1. The summed E-state index contributed by atoms with van der Waals surface area (Å²) in [5.41, 5.74) is 7.13. The smallest absolute Gasteiger partial charge is 0.256 e. The molecule has 3 aromatic rings. The molecule has 2 aromatic carbocycles. The number of hydrogen-bond donors (Lipinski definition) is 3. The number of rotatable bonds is 12. The number of benzene rings is 2. The third-order valence-electron chi connectivity index (χ3n) is 5.90. The molecule has 4 N–H and O–H groups in total. The summed E-state index contributed by atoms with van der Waals surface area (Å²) in [7, 11) is 0. The summed E-state index contributed by atoms with van der Waals surface area (Å²) in [6.07, 6.45) is 1.52. The molecule has 0 bridgehead atoms. The maximum absolute atomic E-state index is 14.3. The summed E-state index contributed by atoms with van der Waals surface area (Å²) >= 11 is 0. The molecule has 0 spiro atoms. The molecule has 0 aliphatic rings. The Kier molecular flexibility index (Phi) is 9.25. The van der Waals surface area contributed by atoms with E-state index >= 15 is 0 Å². The number of aromatic nitrogens is 1. The molecule has 0 aliphatic heterocycles. The van der Waals surface area contributed by atoms with Gasteiger partial charge in [-0.25, -0.2) is 8.78 Å². The molecular weight excluding hydrogens is 476 g/mol. The quantitative estimate of drug-likeness (QED) is 0.218. The summed E-state index contributed by atoms with van der Waals surface area (Å²) in [6, 6.07) is 12.7. The Morgan fingerprint density at radius 2 is 1.76 bits per heavy atom. The third-order valence-corrected chi connectivity index (χ3v) is 5.90. The number of nitrogens with one attached hydrogen (secondary N) is 1. The highest BCUT2D eigenvalue weighted by molar-refractivity contribution is 5.83. The van der Waals surface area contributed by atoms with Gasteiger partial charge in [-0.05, 0) is 73.3 Å². The molecule has 0 radical (unpaired) electrons. The highest BCUT2D eigenvalue weighted by Crippen LogP contribution is 2.29. The third kappa shape index (κ3) is 7.07. The molecule has 1 aromatic heterocycles. The first kappa shape index (κ1) is 27.7. The molecule has 196 valence electrons. The van der Waals surface area contributed by atoms with Crippen molar-refractivity contribution in [2.45, 2.75) is 32.7 Å². The van der Waals surface area contributed by atoms with E-state index in [0.29, 0.717) is 36.1 Å². The minimum Gasteiger partial charge on any atom is -0.511 e. The first-order valence-corrected chi connectivity index (χ1v) is 12.1. The molecule has 0 fully saturated rings. The number of nitrogens with zero attached hydrogens (tertiary/aromatic N) is 1. The minimum absolute atomic E-state index is 0.0855. The Morgan fingerprint density at radius 3 is 2.38 bits per heavy atom. The molecule has 3 rings (SSSR count). The van der Waals surface area contributed by atoms with Gasteiger partial charge in [0, 0.05) is 23.3 Å². The van der Waals surface area contributed by atoms with Crippen LogP contribution in [0.25, 0.3) is 11.3 Å². The van der Waals surface area contributed by atoms with Crippen LogP contribution < -0.4 is 21.3 Å². The van der Waals surface area contributed by atoms with Gasteiger partial charge in [0.25, 0.3) is 5.56 Å². The van der Waals surface area contributed by atoms with E-state index < -0.39 is 11.6 Å².